The highest BCUT2D eigenvalue weighted by atomic mass is 28.4. The van der Waals surface area contributed by atoms with Gasteiger partial charge in [-0.25, -0.2) is 0 Å². The molecule has 0 bridgehead atoms. The fourth-order valence-corrected chi connectivity index (χ4v) is 2.79. The molecular weight excluding hydrogens is 216 g/mol. The van der Waals surface area contributed by atoms with Crippen molar-refractivity contribution >= 4 is 8.32 Å². The molecule has 0 aromatic heterocycles. The van der Waals surface area contributed by atoms with Crippen LogP contribution in [0.1, 0.15) is 27.2 Å². The van der Waals surface area contributed by atoms with Crippen molar-refractivity contribution in [2.75, 3.05) is 0 Å². The third-order valence-corrected chi connectivity index (χ3v) is 8.24. The molecule has 1 rings (SSSR count). The highest BCUT2D eigenvalue weighted by molar-refractivity contribution is 6.74. The SMILES string of the molecule is C=C[C@@]1(O)C=C[C@H](O[Si](C)(C)C(C)(C)C)C1. The Morgan fingerprint density at radius 2 is 2.06 bits per heavy atom. The van der Waals surface area contributed by atoms with Gasteiger partial charge in [-0.2, -0.15) is 0 Å². The van der Waals surface area contributed by atoms with Crippen LogP contribution in [0.3, 0.4) is 0 Å². The first-order chi connectivity index (χ1) is 7.10. The van der Waals surface area contributed by atoms with E-state index < -0.39 is 13.9 Å². The molecule has 0 heterocycles. The zero-order valence-corrected chi connectivity index (χ0v) is 12.1. The molecule has 0 amide bonds. The summed E-state index contributed by atoms with van der Waals surface area (Å²) in [4.78, 5) is 0. The summed E-state index contributed by atoms with van der Waals surface area (Å²) in [6, 6.07) is 0. The van der Waals surface area contributed by atoms with Gasteiger partial charge in [0.25, 0.3) is 0 Å². The van der Waals surface area contributed by atoms with Gasteiger partial charge in [0.2, 0.25) is 0 Å². The van der Waals surface area contributed by atoms with Gasteiger partial charge < -0.3 is 9.53 Å². The van der Waals surface area contributed by atoms with E-state index >= 15 is 0 Å². The summed E-state index contributed by atoms with van der Waals surface area (Å²) in [7, 11) is -1.74. The lowest BCUT2D eigenvalue weighted by Crippen LogP contribution is -2.43. The fourth-order valence-electron chi connectivity index (χ4n) is 1.52. The van der Waals surface area contributed by atoms with Crippen molar-refractivity contribution in [2.45, 2.75) is 57.0 Å². The summed E-state index contributed by atoms with van der Waals surface area (Å²) in [6.45, 7) is 14.8. The Morgan fingerprint density at radius 1 is 1.50 bits per heavy atom. The third-order valence-electron chi connectivity index (χ3n) is 3.73. The summed E-state index contributed by atoms with van der Waals surface area (Å²) in [6.07, 6.45) is 5.96. The van der Waals surface area contributed by atoms with Crippen molar-refractivity contribution in [1.29, 1.82) is 0 Å². The van der Waals surface area contributed by atoms with Gasteiger partial charge in [0.1, 0.15) is 5.60 Å². The summed E-state index contributed by atoms with van der Waals surface area (Å²) >= 11 is 0. The quantitative estimate of drug-likeness (QED) is 0.606. The van der Waals surface area contributed by atoms with Gasteiger partial charge in [-0.1, -0.05) is 45.6 Å². The second kappa shape index (κ2) is 4.13. The van der Waals surface area contributed by atoms with Crippen molar-refractivity contribution in [2.24, 2.45) is 0 Å². The fraction of sp³-hybridized carbons (Fsp3) is 0.692. The molecular formula is C13H24O2Si. The maximum atomic E-state index is 10.0. The smallest absolute Gasteiger partial charge is 0.192 e. The topological polar surface area (TPSA) is 29.5 Å². The molecule has 0 aromatic rings. The normalized spacial score (nSPS) is 30.8. The molecule has 0 spiro atoms. The highest BCUT2D eigenvalue weighted by Gasteiger charge is 2.41. The number of hydrogen-bond acceptors (Lipinski definition) is 2. The van der Waals surface area contributed by atoms with Gasteiger partial charge >= 0.3 is 0 Å². The summed E-state index contributed by atoms with van der Waals surface area (Å²) in [5, 5.41) is 10.2. The first-order valence-corrected chi connectivity index (χ1v) is 8.74. The average molecular weight is 240 g/mol. The van der Waals surface area contributed by atoms with Crippen LogP contribution in [0, 0.1) is 0 Å². The Morgan fingerprint density at radius 3 is 2.44 bits per heavy atom. The van der Waals surface area contributed by atoms with Crippen LogP contribution in [0.25, 0.3) is 0 Å². The van der Waals surface area contributed by atoms with E-state index in [0.29, 0.717) is 6.42 Å². The molecule has 1 N–H and O–H groups in total. The lowest BCUT2D eigenvalue weighted by Gasteiger charge is -2.38. The minimum atomic E-state index is -1.74. The molecule has 0 radical (unpaired) electrons. The molecule has 1 aliphatic rings. The molecule has 0 saturated carbocycles. The van der Waals surface area contributed by atoms with Crippen molar-refractivity contribution in [3.8, 4) is 0 Å². The van der Waals surface area contributed by atoms with Gasteiger partial charge in [-0.15, -0.1) is 0 Å². The summed E-state index contributed by atoms with van der Waals surface area (Å²) in [5.74, 6) is 0. The Kier molecular flexibility index (Phi) is 3.53. The molecule has 2 atom stereocenters. The van der Waals surface area contributed by atoms with E-state index in [1.165, 1.54) is 0 Å². The van der Waals surface area contributed by atoms with E-state index in [0.717, 1.165) is 0 Å². The van der Waals surface area contributed by atoms with Crippen LogP contribution < -0.4 is 0 Å². The van der Waals surface area contributed by atoms with Crippen LogP contribution in [0.4, 0.5) is 0 Å². The van der Waals surface area contributed by atoms with E-state index in [4.69, 9.17) is 4.43 Å². The Hall–Kier alpha value is -0.383. The van der Waals surface area contributed by atoms with Gasteiger partial charge in [0.05, 0.1) is 6.10 Å². The number of rotatable bonds is 3. The molecule has 0 aliphatic heterocycles. The summed E-state index contributed by atoms with van der Waals surface area (Å²) in [5.41, 5.74) is -0.868. The Bertz CT molecular complexity index is 302. The second-order valence-corrected chi connectivity index (χ2v) is 10.9. The van der Waals surface area contributed by atoms with E-state index in [1.54, 1.807) is 12.2 Å². The first kappa shape index (κ1) is 13.7. The first-order valence-electron chi connectivity index (χ1n) is 5.83. The van der Waals surface area contributed by atoms with Crippen LogP contribution >= 0.6 is 0 Å². The average Bonchev–Trinajstić information content (AvgIpc) is 2.46. The van der Waals surface area contributed by atoms with Crippen molar-refractivity contribution in [3.63, 3.8) is 0 Å². The minimum absolute atomic E-state index is 0.0314. The van der Waals surface area contributed by atoms with Gasteiger partial charge in [-0.05, 0) is 18.1 Å². The molecule has 92 valence electrons. The molecule has 0 saturated heterocycles. The van der Waals surface area contributed by atoms with Crippen LogP contribution in [0.5, 0.6) is 0 Å². The number of hydrogen-bond donors (Lipinski definition) is 1. The largest absolute Gasteiger partial charge is 0.410 e. The maximum Gasteiger partial charge on any atom is 0.192 e. The van der Waals surface area contributed by atoms with Gasteiger partial charge in [0, 0.05) is 6.42 Å². The molecule has 0 fully saturated rings. The molecule has 3 heteroatoms. The standard InChI is InChI=1S/C13H24O2Si/c1-7-13(14)9-8-11(10-13)15-16(5,6)12(2,3)4/h7-9,11,14H,1,10H2,2-6H3/t11-,13+/m0/s1. The monoisotopic (exact) mass is 240 g/mol. The van der Waals surface area contributed by atoms with Crippen molar-refractivity contribution < 1.29 is 9.53 Å². The Balaban J connectivity index is 2.66. The van der Waals surface area contributed by atoms with Crippen molar-refractivity contribution in [1.82, 2.24) is 0 Å². The second-order valence-electron chi connectivity index (χ2n) is 6.18. The maximum absolute atomic E-state index is 10.0. The van der Waals surface area contributed by atoms with Crippen LogP contribution in [0.15, 0.2) is 24.8 Å². The third kappa shape index (κ3) is 2.84. The number of aliphatic hydroxyl groups is 1. The predicted octanol–water partition coefficient (Wildman–Crippen LogP) is 3.25. The molecule has 0 unspecified atom stereocenters. The summed E-state index contributed by atoms with van der Waals surface area (Å²) < 4.78 is 6.20. The van der Waals surface area contributed by atoms with Gasteiger partial charge in [-0.3, -0.25) is 0 Å². The molecule has 1 aliphatic carbocycles. The van der Waals surface area contributed by atoms with E-state index in [9.17, 15) is 5.11 Å². The van der Waals surface area contributed by atoms with Crippen LogP contribution in [-0.4, -0.2) is 25.1 Å². The van der Waals surface area contributed by atoms with E-state index in [2.05, 4.69) is 40.4 Å². The zero-order valence-electron chi connectivity index (χ0n) is 11.1. The lowest BCUT2D eigenvalue weighted by molar-refractivity contribution is 0.101. The predicted molar refractivity (Wildman–Crippen MR) is 71.0 cm³/mol. The van der Waals surface area contributed by atoms with E-state index in [-0.39, 0.29) is 11.1 Å². The molecule has 0 aromatic carbocycles. The van der Waals surface area contributed by atoms with E-state index in [1.807, 2.05) is 6.08 Å². The van der Waals surface area contributed by atoms with Crippen LogP contribution in [0.2, 0.25) is 18.1 Å². The van der Waals surface area contributed by atoms with Crippen LogP contribution in [-0.2, 0) is 4.43 Å². The molecule has 2 nitrogen and oxygen atoms in total. The van der Waals surface area contributed by atoms with Crippen molar-refractivity contribution in [3.05, 3.63) is 24.8 Å². The van der Waals surface area contributed by atoms with Gasteiger partial charge in [0.15, 0.2) is 8.32 Å². The minimum Gasteiger partial charge on any atom is -0.410 e. The zero-order chi connectivity index (χ0) is 12.6. The highest BCUT2D eigenvalue weighted by Crippen LogP contribution is 2.39. The Labute approximate surface area is 100 Å². The molecule has 16 heavy (non-hydrogen) atoms. The lowest BCUT2D eigenvalue weighted by atomic mass is 10.0.